The molecule has 0 atom stereocenters. The molecule has 5 heteroatoms. The molecule has 1 aromatic rings. The Balaban J connectivity index is 2.31. The van der Waals surface area contributed by atoms with Crippen molar-refractivity contribution in [2.75, 3.05) is 7.11 Å². The quantitative estimate of drug-likeness (QED) is 0.806. The molecule has 0 saturated heterocycles. The van der Waals surface area contributed by atoms with Crippen LogP contribution >= 0.6 is 15.9 Å². The highest BCUT2D eigenvalue weighted by molar-refractivity contribution is 9.10. The van der Waals surface area contributed by atoms with Crippen molar-refractivity contribution in [3.8, 4) is 0 Å². The number of aromatic nitrogens is 2. The first-order valence-corrected chi connectivity index (χ1v) is 7.07. The van der Waals surface area contributed by atoms with E-state index in [1.165, 1.54) is 0 Å². The SMILES string of the molecule is COC1(C(=O)c2c(Br)cnn2C)CCC(C)CC1. The number of carbonyl (C=O) groups excluding carboxylic acids is 1. The van der Waals surface area contributed by atoms with Crippen LogP contribution in [0.2, 0.25) is 0 Å². The molecule has 0 unspecified atom stereocenters. The number of nitrogens with zero attached hydrogens (tertiary/aromatic N) is 2. The van der Waals surface area contributed by atoms with E-state index in [0.717, 1.165) is 30.2 Å². The molecule has 0 amide bonds. The van der Waals surface area contributed by atoms with E-state index in [0.29, 0.717) is 11.6 Å². The van der Waals surface area contributed by atoms with E-state index in [2.05, 4.69) is 28.0 Å². The number of halogens is 1. The molecule has 1 aromatic heterocycles. The number of carbonyl (C=O) groups is 1. The van der Waals surface area contributed by atoms with E-state index in [-0.39, 0.29) is 5.78 Å². The van der Waals surface area contributed by atoms with Crippen molar-refractivity contribution in [2.45, 2.75) is 38.2 Å². The van der Waals surface area contributed by atoms with Crippen molar-refractivity contribution in [1.29, 1.82) is 0 Å². The second-order valence-electron chi connectivity index (χ2n) is 5.17. The fraction of sp³-hybridized carbons (Fsp3) is 0.692. The van der Waals surface area contributed by atoms with E-state index in [4.69, 9.17) is 4.74 Å². The van der Waals surface area contributed by atoms with Gasteiger partial charge >= 0.3 is 0 Å². The normalized spacial score (nSPS) is 28.3. The molecule has 0 spiro atoms. The molecule has 1 aliphatic carbocycles. The zero-order chi connectivity index (χ0) is 13.3. The monoisotopic (exact) mass is 314 g/mol. The molecular formula is C13H19BrN2O2. The highest BCUT2D eigenvalue weighted by Crippen LogP contribution is 2.37. The second kappa shape index (κ2) is 5.13. The Kier molecular flexibility index (Phi) is 3.92. The molecule has 0 bridgehead atoms. The maximum absolute atomic E-state index is 12.7. The minimum absolute atomic E-state index is 0.0452. The lowest BCUT2D eigenvalue weighted by Crippen LogP contribution is -2.44. The van der Waals surface area contributed by atoms with Gasteiger partial charge in [0.2, 0.25) is 5.78 Å². The van der Waals surface area contributed by atoms with Crippen molar-refractivity contribution in [2.24, 2.45) is 13.0 Å². The Bertz CT molecular complexity index is 428. The topological polar surface area (TPSA) is 44.1 Å². The average molecular weight is 315 g/mol. The Labute approximate surface area is 116 Å². The second-order valence-corrected chi connectivity index (χ2v) is 6.03. The van der Waals surface area contributed by atoms with Crippen LogP contribution in [0.3, 0.4) is 0 Å². The Morgan fingerprint density at radius 2 is 2.17 bits per heavy atom. The molecule has 18 heavy (non-hydrogen) atoms. The van der Waals surface area contributed by atoms with Crippen molar-refractivity contribution in [1.82, 2.24) is 9.78 Å². The number of rotatable bonds is 3. The van der Waals surface area contributed by atoms with E-state index in [1.54, 1.807) is 25.0 Å². The van der Waals surface area contributed by atoms with Gasteiger partial charge in [0.15, 0.2) is 0 Å². The summed E-state index contributed by atoms with van der Waals surface area (Å²) < 4.78 is 7.97. The van der Waals surface area contributed by atoms with Crippen LogP contribution in [0.1, 0.15) is 43.1 Å². The zero-order valence-electron chi connectivity index (χ0n) is 11.1. The van der Waals surface area contributed by atoms with Crippen LogP contribution in [0.5, 0.6) is 0 Å². The first-order valence-electron chi connectivity index (χ1n) is 6.27. The highest BCUT2D eigenvalue weighted by Gasteiger charge is 2.43. The predicted molar refractivity (Wildman–Crippen MR) is 72.6 cm³/mol. The average Bonchev–Trinajstić information content (AvgIpc) is 2.70. The van der Waals surface area contributed by atoms with Crippen LogP contribution in [0.4, 0.5) is 0 Å². The third-order valence-corrected chi connectivity index (χ3v) is 4.58. The fourth-order valence-corrected chi connectivity index (χ4v) is 3.16. The van der Waals surface area contributed by atoms with Crippen molar-refractivity contribution in [3.05, 3.63) is 16.4 Å². The lowest BCUT2D eigenvalue weighted by Gasteiger charge is -2.36. The van der Waals surface area contributed by atoms with Crippen LogP contribution in [-0.4, -0.2) is 28.3 Å². The molecule has 1 saturated carbocycles. The fourth-order valence-electron chi connectivity index (χ4n) is 2.63. The van der Waals surface area contributed by atoms with Gasteiger partial charge in [-0.15, -0.1) is 0 Å². The van der Waals surface area contributed by atoms with Crippen LogP contribution in [-0.2, 0) is 11.8 Å². The summed E-state index contributed by atoms with van der Waals surface area (Å²) in [5.74, 6) is 0.722. The van der Waals surface area contributed by atoms with Gasteiger partial charge in [-0.05, 0) is 47.5 Å². The summed E-state index contributed by atoms with van der Waals surface area (Å²) in [5.41, 5.74) is -0.0607. The molecule has 0 N–H and O–H groups in total. The highest BCUT2D eigenvalue weighted by atomic mass is 79.9. The number of hydrogen-bond donors (Lipinski definition) is 0. The molecular weight excluding hydrogens is 296 g/mol. The number of ketones is 1. The smallest absolute Gasteiger partial charge is 0.213 e. The number of Topliss-reactive ketones (excluding diaryl/α,β-unsaturated/α-hetero) is 1. The molecule has 2 rings (SSSR count). The summed E-state index contributed by atoms with van der Waals surface area (Å²) in [6.07, 6.45) is 5.31. The molecule has 4 nitrogen and oxygen atoms in total. The maximum atomic E-state index is 12.7. The molecule has 0 aliphatic heterocycles. The maximum Gasteiger partial charge on any atom is 0.213 e. The summed E-state index contributed by atoms with van der Waals surface area (Å²) >= 11 is 3.39. The summed E-state index contributed by atoms with van der Waals surface area (Å²) in [7, 11) is 3.42. The molecule has 1 fully saturated rings. The van der Waals surface area contributed by atoms with Crippen molar-refractivity contribution in [3.63, 3.8) is 0 Å². The molecule has 0 radical (unpaired) electrons. The van der Waals surface area contributed by atoms with Gasteiger partial charge in [0, 0.05) is 14.2 Å². The first kappa shape index (κ1) is 13.7. The van der Waals surface area contributed by atoms with Gasteiger partial charge in [-0.2, -0.15) is 5.10 Å². The van der Waals surface area contributed by atoms with E-state index >= 15 is 0 Å². The van der Waals surface area contributed by atoms with E-state index < -0.39 is 5.60 Å². The van der Waals surface area contributed by atoms with Crippen LogP contribution in [0.25, 0.3) is 0 Å². The van der Waals surface area contributed by atoms with Gasteiger partial charge in [0.05, 0.1) is 10.7 Å². The van der Waals surface area contributed by atoms with Crippen LogP contribution in [0.15, 0.2) is 10.7 Å². The van der Waals surface area contributed by atoms with Gasteiger partial charge in [-0.25, -0.2) is 0 Å². The van der Waals surface area contributed by atoms with E-state index in [1.807, 2.05) is 0 Å². The van der Waals surface area contributed by atoms with E-state index in [9.17, 15) is 4.79 Å². The largest absolute Gasteiger partial charge is 0.370 e. The third-order valence-electron chi connectivity index (χ3n) is 4.00. The number of ether oxygens (including phenoxy) is 1. The lowest BCUT2D eigenvalue weighted by atomic mass is 9.76. The molecule has 1 aliphatic rings. The third kappa shape index (κ3) is 2.26. The molecule has 1 heterocycles. The van der Waals surface area contributed by atoms with Gasteiger partial charge in [0.25, 0.3) is 0 Å². The standard InChI is InChI=1S/C13H19BrN2O2/c1-9-4-6-13(18-3,7-5-9)12(17)11-10(14)8-15-16(11)2/h8-9H,4-7H2,1-3H3. The minimum Gasteiger partial charge on any atom is -0.370 e. The first-order chi connectivity index (χ1) is 8.50. The van der Waals surface area contributed by atoms with Gasteiger partial charge in [-0.1, -0.05) is 6.92 Å². The lowest BCUT2D eigenvalue weighted by molar-refractivity contribution is -0.0269. The van der Waals surface area contributed by atoms with Crippen molar-refractivity contribution >= 4 is 21.7 Å². The summed E-state index contributed by atoms with van der Waals surface area (Å²) in [6.45, 7) is 2.23. The number of methoxy groups -OCH3 is 1. The van der Waals surface area contributed by atoms with Gasteiger partial charge in [0.1, 0.15) is 11.3 Å². The Morgan fingerprint density at radius 3 is 2.61 bits per heavy atom. The number of hydrogen-bond acceptors (Lipinski definition) is 3. The number of aryl methyl sites for hydroxylation is 1. The predicted octanol–water partition coefficient (Wildman–Crippen LogP) is 2.96. The summed E-state index contributed by atoms with van der Waals surface area (Å²) in [6, 6.07) is 0. The summed E-state index contributed by atoms with van der Waals surface area (Å²) in [4.78, 5) is 12.7. The Hall–Kier alpha value is -0.680. The van der Waals surface area contributed by atoms with Crippen molar-refractivity contribution < 1.29 is 9.53 Å². The zero-order valence-corrected chi connectivity index (χ0v) is 12.7. The molecule has 0 aromatic carbocycles. The van der Waals surface area contributed by atoms with Gasteiger partial charge < -0.3 is 4.74 Å². The van der Waals surface area contributed by atoms with Crippen LogP contribution < -0.4 is 0 Å². The van der Waals surface area contributed by atoms with Crippen LogP contribution in [0, 0.1) is 5.92 Å². The Morgan fingerprint density at radius 1 is 1.56 bits per heavy atom. The van der Waals surface area contributed by atoms with Gasteiger partial charge in [-0.3, -0.25) is 9.48 Å². The summed E-state index contributed by atoms with van der Waals surface area (Å²) in [5, 5.41) is 4.11. The minimum atomic E-state index is -0.664. The molecule has 100 valence electrons.